The van der Waals surface area contributed by atoms with Crippen LogP contribution in [0.4, 0.5) is 0 Å². The molecule has 0 aromatic heterocycles. The van der Waals surface area contributed by atoms with Crippen molar-refractivity contribution in [2.24, 2.45) is 0 Å². The molecule has 1 aliphatic heterocycles. The van der Waals surface area contributed by atoms with Crippen molar-refractivity contribution in [2.45, 2.75) is 10.6 Å². The molecule has 0 atom stereocenters. The van der Waals surface area contributed by atoms with E-state index in [1.54, 1.807) is 22.8 Å². The van der Waals surface area contributed by atoms with Crippen LogP contribution < -0.4 is 0 Å². The number of hydrogen-bond donors (Lipinski definition) is 0. The van der Waals surface area contributed by atoms with Crippen LogP contribution in [-0.4, -0.2) is 15.0 Å². The van der Waals surface area contributed by atoms with Gasteiger partial charge in [-0.1, -0.05) is 0 Å². The van der Waals surface area contributed by atoms with Crippen LogP contribution in [0.1, 0.15) is 0 Å². The topological polar surface area (TPSA) is 0 Å². The fourth-order valence-corrected chi connectivity index (χ4v) is 4.98. The second-order valence-corrected chi connectivity index (χ2v) is 5.50. The summed E-state index contributed by atoms with van der Waals surface area (Å²) < 4.78 is 0. The molecule has 1 fully saturated rings. The van der Waals surface area contributed by atoms with Gasteiger partial charge in [0.2, 0.25) is 0 Å². The summed E-state index contributed by atoms with van der Waals surface area (Å²) in [4.78, 5) is 2.50. The average molecular weight is 260 g/mol. The third-order valence-electron chi connectivity index (χ3n) is 0.994. The van der Waals surface area contributed by atoms with Crippen molar-refractivity contribution in [3.05, 3.63) is 20.9 Å². The molecule has 10 heavy (non-hydrogen) atoms. The summed E-state index contributed by atoms with van der Waals surface area (Å²) in [6, 6.07) is 0. The zero-order valence-electron chi connectivity index (χ0n) is 5.14. The van der Waals surface area contributed by atoms with E-state index >= 15 is 0 Å². The molecule has 0 unspecified atom stereocenters. The average Bonchev–Trinajstić information content (AvgIpc) is 2.05. The number of halogens is 2. The van der Waals surface area contributed by atoms with E-state index in [4.69, 9.17) is 23.2 Å². The van der Waals surface area contributed by atoms with Crippen molar-refractivity contribution in [3.8, 4) is 0 Å². The third kappa shape index (κ3) is 2.52. The van der Waals surface area contributed by atoms with E-state index in [-0.39, 0.29) is 0 Å². The van der Waals surface area contributed by atoms with E-state index in [1.807, 2.05) is 0 Å². The molecule has 0 aromatic carbocycles. The van der Waals surface area contributed by atoms with Crippen LogP contribution >= 0.6 is 35.0 Å². The molecule has 0 bridgehead atoms. The molecule has 0 N–H and O–H groups in total. The minimum atomic E-state index is 0.673. The molecule has 0 spiro atoms. The second kappa shape index (κ2) is 4.74. The maximum absolute atomic E-state index is 5.56. The Balaban J connectivity index is 2.56. The molecule has 0 amide bonds. The first-order chi connectivity index (χ1) is 4.86. The number of thioether (sulfide) groups is 1. The van der Waals surface area contributed by atoms with Crippen molar-refractivity contribution >= 4 is 49.9 Å². The molecule has 1 saturated heterocycles. The SMILES string of the molecule is Cl/C=C1/C[Se]C/C(=C\Cl)S1. The van der Waals surface area contributed by atoms with Crippen LogP contribution in [0.5, 0.6) is 0 Å². The number of hydrogen-bond acceptors (Lipinski definition) is 1. The second-order valence-electron chi connectivity index (χ2n) is 1.75. The van der Waals surface area contributed by atoms with Crippen LogP contribution in [0.25, 0.3) is 0 Å². The number of rotatable bonds is 0. The summed E-state index contributed by atoms with van der Waals surface area (Å²) in [5.41, 5.74) is 3.32. The van der Waals surface area contributed by atoms with E-state index in [9.17, 15) is 0 Å². The van der Waals surface area contributed by atoms with E-state index in [0.29, 0.717) is 15.0 Å². The minimum absolute atomic E-state index is 0.673. The predicted molar refractivity (Wildman–Crippen MR) is 50.8 cm³/mol. The molecule has 0 saturated carbocycles. The molecule has 1 rings (SSSR count). The Bertz CT molecular complexity index is 159. The van der Waals surface area contributed by atoms with Crippen LogP contribution in [0.2, 0.25) is 10.6 Å². The molecule has 0 nitrogen and oxygen atoms in total. The monoisotopic (exact) mass is 260 g/mol. The van der Waals surface area contributed by atoms with Crippen LogP contribution in [0.15, 0.2) is 20.9 Å². The first kappa shape index (κ1) is 9.02. The van der Waals surface area contributed by atoms with Gasteiger partial charge >= 0.3 is 81.4 Å². The van der Waals surface area contributed by atoms with Gasteiger partial charge in [-0.25, -0.2) is 0 Å². The summed E-state index contributed by atoms with van der Waals surface area (Å²) in [7, 11) is 0. The van der Waals surface area contributed by atoms with Crippen molar-refractivity contribution in [3.63, 3.8) is 0 Å². The van der Waals surface area contributed by atoms with E-state index in [1.165, 1.54) is 9.81 Å². The third-order valence-corrected chi connectivity index (χ3v) is 5.82. The molecule has 4 heteroatoms. The van der Waals surface area contributed by atoms with Crippen LogP contribution in [0, 0.1) is 0 Å². The first-order valence-corrected chi connectivity index (χ1v) is 6.82. The Kier molecular flexibility index (Phi) is 4.27. The van der Waals surface area contributed by atoms with Gasteiger partial charge in [0.25, 0.3) is 0 Å². The normalized spacial score (nSPS) is 27.8. The Morgan fingerprint density at radius 2 is 1.70 bits per heavy atom. The molecule has 1 heterocycles. The zero-order chi connectivity index (χ0) is 7.40. The summed E-state index contributed by atoms with van der Waals surface area (Å²) >= 11 is 13.5. The molecule has 0 radical (unpaired) electrons. The summed E-state index contributed by atoms with van der Waals surface area (Å²) in [6.45, 7) is 0. The van der Waals surface area contributed by atoms with Gasteiger partial charge in [0, 0.05) is 0 Å². The van der Waals surface area contributed by atoms with Gasteiger partial charge in [-0.2, -0.15) is 0 Å². The van der Waals surface area contributed by atoms with Crippen molar-refractivity contribution < 1.29 is 0 Å². The molecule has 0 aromatic rings. The van der Waals surface area contributed by atoms with Crippen molar-refractivity contribution in [2.75, 3.05) is 0 Å². The fraction of sp³-hybridized carbons (Fsp3) is 0.333. The molecular weight excluding hydrogens is 254 g/mol. The number of allylic oxidation sites excluding steroid dienone is 2. The molecule has 56 valence electrons. The van der Waals surface area contributed by atoms with Gasteiger partial charge in [-0.05, 0) is 0 Å². The van der Waals surface area contributed by atoms with Gasteiger partial charge in [0.05, 0.1) is 0 Å². The summed E-state index contributed by atoms with van der Waals surface area (Å²) in [5, 5.41) is 2.32. The Hall–Kier alpha value is 0.929. The van der Waals surface area contributed by atoms with E-state index in [2.05, 4.69) is 0 Å². The van der Waals surface area contributed by atoms with E-state index in [0.717, 1.165) is 10.6 Å². The zero-order valence-corrected chi connectivity index (χ0v) is 9.18. The van der Waals surface area contributed by atoms with Crippen molar-refractivity contribution in [1.82, 2.24) is 0 Å². The molecular formula is C6H6Cl2SSe. The van der Waals surface area contributed by atoms with Gasteiger partial charge in [0.15, 0.2) is 0 Å². The first-order valence-electron chi connectivity index (χ1n) is 2.71. The standard InChI is InChI=1S/C6H6Cl2SSe/c7-1-5-3-10-4-6(2-8)9-5/h1-2H,3-4H2/b5-1-,6-2+. The molecule has 1 aliphatic rings. The van der Waals surface area contributed by atoms with Gasteiger partial charge < -0.3 is 0 Å². The van der Waals surface area contributed by atoms with Gasteiger partial charge in [0.1, 0.15) is 0 Å². The fourth-order valence-electron chi connectivity index (χ4n) is 0.587. The Morgan fingerprint density at radius 1 is 1.20 bits per heavy atom. The summed E-state index contributed by atoms with van der Waals surface area (Å²) in [5.74, 6) is 0. The van der Waals surface area contributed by atoms with Crippen LogP contribution in [0.3, 0.4) is 0 Å². The maximum atomic E-state index is 5.56. The predicted octanol–water partition coefficient (Wildman–Crippen LogP) is 3.43. The molecule has 0 aliphatic carbocycles. The van der Waals surface area contributed by atoms with Gasteiger partial charge in [-0.15, -0.1) is 0 Å². The van der Waals surface area contributed by atoms with Gasteiger partial charge in [-0.3, -0.25) is 0 Å². The summed E-state index contributed by atoms with van der Waals surface area (Å²) in [6.07, 6.45) is 0. The van der Waals surface area contributed by atoms with Crippen molar-refractivity contribution in [1.29, 1.82) is 0 Å². The quantitative estimate of drug-likeness (QED) is 0.601. The Morgan fingerprint density at radius 3 is 2.10 bits per heavy atom. The van der Waals surface area contributed by atoms with Crippen LogP contribution in [-0.2, 0) is 0 Å². The van der Waals surface area contributed by atoms with E-state index < -0.39 is 0 Å². The Labute approximate surface area is 81.2 Å².